The largest absolute Gasteiger partial charge is 0.456 e. The van der Waals surface area contributed by atoms with Crippen LogP contribution in [-0.2, 0) is 12.8 Å². The molecule has 2 aromatic heterocycles. The lowest BCUT2D eigenvalue weighted by atomic mass is 9.88. The zero-order chi connectivity index (χ0) is 23.5. The van der Waals surface area contributed by atoms with Gasteiger partial charge >= 0.3 is 0 Å². The highest BCUT2D eigenvalue weighted by Gasteiger charge is 2.16. The predicted octanol–water partition coefficient (Wildman–Crippen LogP) is 6.65. The molecule has 4 heteroatoms. The molecule has 0 bridgehead atoms. The van der Waals surface area contributed by atoms with Crippen LogP contribution < -0.4 is 5.32 Å². The average molecular weight is 439 g/mol. The number of carbonyl (C=O) groups excluding carboxylic acids is 1. The first-order chi connectivity index (χ1) is 15.8. The van der Waals surface area contributed by atoms with Crippen LogP contribution in [0.15, 0.2) is 65.3 Å². The number of nitrogens with zero attached hydrogens (tertiary/aromatic N) is 1. The van der Waals surface area contributed by atoms with Crippen molar-refractivity contribution in [3.63, 3.8) is 0 Å². The van der Waals surface area contributed by atoms with Crippen LogP contribution in [0.4, 0.5) is 5.69 Å². The second-order valence-electron chi connectivity index (χ2n) is 8.73. The van der Waals surface area contributed by atoms with E-state index in [2.05, 4.69) is 44.9 Å². The quantitative estimate of drug-likeness (QED) is 0.367. The maximum atomic E-state index is 12.7. The van der Waals surface area contributed by atoms with E-state index in [1.807, 2.05) is 42.5 Å². The summed E-state index contributed by atoms with van der Waals surface area (Å²) in [6.07, 6.45) is 5.10. The van der Waals surface area contributed by atoms with Crippen molar-refractivity contribution in [2.24, 2.45) is 0 Å². The van der Waals surface area contributed by atoms with Crippen molar-refractivity contribution in [3.05, 3.63) is 117 Å². The molecule has 0 saturated carbocycles. The topological polar surface area (TPSA) is 55.1 Å². The molecule has 0 fully saturated rings. The number of benzene rings is 2. The Kier molecular flexibility index (Phi) is 6.45. The van der Waals surface area contributed by atoms with Crippen molar-refractivity contribution >= 4 is 11.6 Å². The molecule has 0 atom stereocenters. The van der Waals surface area contributed by atoms with Gasteiger partial charge in [-0.1, -0.05) is 12.1 Å². The number of aromatic nitrogens is 1. The fourth-order valence-electron chi connectivity index (χ4n) is 4.25. The zero-order valence-corrected chi connectivity index (χ0v) is 20.0. The Bertz CT molecular complexity index is 1260. The second-order valence-corrected chi connectivity index (χ2v) is 8.73. The minimum absolute atomic E-state index is 0.243. The number of hydrogen-bond donors (Lipinski definition) is 1. The minimum atomic E-state index is -0.243. The molecule has 168 valence electrons. The molecule has 4 nitrogen and oxygen atoms in total. The van der Waals surface area contributed by atoms with Gasteiger partial charge in [-0.25, -0.2) is 0 Å². The third-order valence-electron chi connectivity index (χ3n) is 6.76. The molecule has 4 aromatic rings. The number of carbonyl (C=O) groups is 1. The van der Waals surface area contributed by atoms with Gasteiger partial charge in [0, 0.05) is 24.5 Å². The monoisotopic (exact) mass is 438 g/mol. The summed E-state index contributed by atoms with van der Waals surface area (Å²) in [6.45, 7) is 10.8. The van der Waals surface area contributed by atoms with Gasteiger partial charge in [0.1, 0.15) is 5.76 Å². The zero-order valence-electron chi connectivity index (χ0n) is 20.0. The highest BCUT2D eigenvalue weighted by molar-refractivity contribution is 6.02. The van der Waals surface area contributed by atoms with E-state index in [0.717, 1.165) is 17.9 Å². The van der Waals surface area contributed by atoms with Crippen molar-refractivity contribution in [3.8, 4) is 0 Å². The summed E-state index contributed by atoms with van der Waals surface area (Å²) in [5.74, 6) is 0.872. The Morgan fingerprint density at radius 2 is 1.30 bits per heavy atom. The lowest BCUT2D eigenvalue weighted by Crippen LogP contribution is -2.10. The van der Waals surface area contributed by atoms with E-state index >= 15 is 0 Å². The normalized spacial score (nSPS) is 10.9. The van der Waals surface area contributed by atoms with Crippen LogP contribution in [0.2, 0.25) is 0 Å². The molecule has 0 radical (unpaired) electrons. The van der Waals surface area contributed by atoms with Gasteiger partial charge in [0.2, 0.25) is 0 Å². The molecular weight excluding hydrogens is 408 g/mol. The molecule has 33 heavy (non-hydrogen) atoms. The van der Waals surface area contributed by atoms with Gasteiger partial charge < -0.3 is 9.73 Å². The third-order valence-corrected chi connectivity index (χ3v) is 6.76. The van der Waals surface area contributed by atoms with Crippen LogP contribution in [0.25, 0.3) is 0 Å². The van der Waals surface area contributed by atoms with E-state index < -0.39 is 0 Å². The Labute approximate surface area is 195 Å². The summed E-state index contributed by atoms with van der Waals surface area (Å²) in [6, 6.07) is 15.6. The van der Waals surface area contributed by atoms with Crippen molar-refractivity contribution < 1.29 is 9.21 Å². The fourth-order valence-corrected chi connectivity index (χ4v) is 4.25. The van der Waals surface area contributed by atoms with Gasteiger partial charge in [0.15, 0.2) is 5.76 Å². The van der Waals surface area contributed by atoms with Gasteiger partial charge in [0.25, 0.3) is 5.91 Å². The lowest BCUT2D eigenvalue weighted by molar-refractivity contribution is 0.0995. The Balaban J connectivity index is 1.44. The summed E-state index contributed by atoms with van der Waals surface area (Å²) in [4.78, 5) is 16.8. The Hall–Kier alpha value is -3.66. The molecule has 2 heterocycles. The Morgan fingerprint density at radius 3 is 1.94 bits per heavy atom. The van der Waals surface area contributed by atoms with Crippen LogP contribution in [0.3, 0.4) is 0 Å². The maximum Gasteiger partial charge on any atom is 0.291 e. The van der Waals surface area contributed by atoms with E-state index in [0.29, 0.717) is 12.2 Å². The van der Waals surface area contributed by atoms with Crippen molar-refractivity contribution in [2.75, 3.05) is 5.32 Å². The van der Waals surface area contributed by atoms with Gasteiger partial charge in [0.05, 0.1) is 0 Å². The highest BCUT2D eigenvalue weighted by atomic mass is 16.3. The molecule has 0 aliphatic rings. The third kappa shape index (κ3) is 4.90. The highest BCUT2D eigenvalue weighted by Crippen LogP contribution is 2.28. The maximum absolute atomic E-state index is 12.7. The van der Waals surface area contributed by atoms with Gasteiger partial charge in [-0.05, 0) is 122 Å². The predicted molar refractivity (Wildman–Crippen MR) is 133 cm³/mol. The average Bonchev–Trinajstić information content (AvgIpc) is 3.30. The van der Waals surface area contributed by atoms with Crippen LogP contribution in [0.5, 0.6) is 0 Å². The summed E-state index contributed by atoms with van der Waals surface area (Å²) in [7, 11) is 0. The first-order valence-electron chi connectivity index (χ1n) is 11.3. The number of furan rings is 1. The standard InChI is InChI=1S/C29H30N2O2/c1-18-19(2)21(4)27(22(5)20(18)3)17-26-10-11-28(33-26)29(32)31-25-8-6-23(7-9-25)16-24-12-14-30-15-13-24/h6-15H,16-17H2,1-5H3,(H,31,32). The SMILES string of the molecule is Cc1c(C)c(C)c(Cc2ccc(C(=O)Nc3ccc(Cc4ccncc4)cc3)o2)c(C)c1C. The number of hydrogen-bond acceptors (Lipinski definition) is 3. The van der Waals surface area contributed by atoms with E-state index in [9.17, 15) is 4.79 Å². The van der Waals surface area contributed by atoms with Crippen LogP contribution in [0, 0.1) is 34.6 Å². The molecule has 0 unspecified atom stereocenters. The van der Waals surface area contributed by atoms with Gasteiger partial charge in [-0.3, -0.25) is 9.78 Å². The summed E-state index contributed by atoms with van der Waals surface area (Å²) in [5, 5.41) is 2.93. The van der Waals surface area contributed by atoms with E-state index in [1.54, 1.807) is 18.5 Å². The number of pyridine rings is 1. The minimum Gasteiger partial charge on any atom is -0.456 e. The fraction of sp³-hybridized carbons (Fsp3) is 0.241. The molecule has 0 aliphatic carbocycles. The first-order valence-corrected chi connectivity index (χ1v) is 11.3. The molecule has 0 aliphatic heterocycles. The van der Waals surface area contributed by atoms with Crippen LogP contribution in [0.1, 0.15) is 60.8 Å². The number of nitrogens with one attached hydrogen (secondary N) is 1. The van der Waals surface area contributed by atoms with Crippen LogP contribution >= 0.6 is 0 Å². The van der Waals surface area contributed by atoms with Crippen LogP contribution in [-0.4, -0.2) is 10.9 Å². The van der Waals surface area contributed by atoms with Gasteiger partial charge in [-0.15, -0.1) is 0 Å². The van der Waals surface area contributed by atoms with E-state index in [4.69, 9.17) is 4.42 Å². The summed E-state index contributed by atoms with van der Waals surface area (Å²) in [5.41, 5.74) is 11.0. The van der Waals surface area contributed by atoms with Crippen molar-refractivity contribution in [2.45, 2.75) is 47.5 Å². The first kappa shape index (κ1) is 22.5. The molecule has 1 amide bonds. The molecular formula is C29H30N2O2. The lowest BCUT2D eigenvalue weighted by Gasteiger charge is -2.18. The molecule has 4 rings (SSSR count). The number of amides is 1. The van der Waals surface area contributed by atoms with Crippen molar-refractivity contribution in [1.29, 1.82) is 0 Å². The summed E-state index contributed by atoms with van der Waals surface area (Å²) < 4.78 is 5.93. The summed E-state index contributed by atoms with van der Waals surface area (Å²) >= 11 is 0. The smallest absolute Gasteiger partial charge is 0.291 e. The second kappa shape index (κ2) is 9.45. The Morgan fingerprint density at radius 1 is 0.727 bits per heavy atom. The molecule has 0 spiro atoms. The molecule has 2 aromatic carbocycles. The van der Waals surface area contributed by atoms with Gasteiger partial charge in [-0.2, -0.15) is 0 Å². The molecule has 0 saturated heterocycles. The van der Waals surface area contributed by atoms with E-state index in [1.165, 1.54) is 44.5 Å². The number of rotatable bonds is 6. The van der Waals surface area contributed by atoms with Crippen molar-refractivity contribution in [1.82, 2.24) is 4.98 Å². The van der Waals surface area contributed by atoms with E-state index in [-0.39, 0.29) is 5.91 Å². The molecule has 1 N–H and O–H groups in total. The number of anilines is 1.